The third-order valence-corrected chi connectivity index (χ3v) is 7.23. The molecule has 1 aromatic carbocycles. The first-order valence-corrected chi connectivity index (χ1v) is 15.4. The Morgan fingerprint density at radius 3 is 2.07 bits per heavy atom. The maximum atomic E-state index is 11.4. The Hall–Kier alpha value is -1.81. The summed E-state index contributed by atoms with van der Waals surface area (Å²) in [5.74, 6) is 0.0623. The molecule has 3 N–H and O–H groups in total. The van der Waals surface area contributed by atoms with Gasteiger partial charge in [0, 0.05) is 47.5 Å². The molecule has 0 radical (unpaired) electrons. The van der Waals surface area contributed by atoms with E-state index in [1.165, 1.54) is 18.4 Å². The van der Waals surface area contributed by atoms with Gasteiger partial charge in [-0.15, -0.1) is 0 Å². The van der Waals surface area contributed by atoms with Gasteiger partial charge in [-0.05, 0) is 50.9 Å². The molecule has 9 heteroatoms. The number of halogens is 1. The molecule has 0 spiro atoms. The first-order chi connectivity index (χ1) is 19.1. The molecule has 0 saturated carbocycles. The zero-order chi connectivity index (χ0) is 32.1. The topological polar surface area (TPSA) is 106 Å². The molecule has 1 aromatic rings. The van der Waals surface area contributed by atoms with Crippen LogP contribution >= 0.6 is 15.9 Å². The first kappa shape index (κ1) is 41.3. The van der Waals surface area contributed by atoms with Gasteiger partial charge in [0.15, 0.2) is 0 Å². The second kappa shape index (κ2) is 22.7. The average Bonchev–Trinajstić information content (AvgIpc) is 2.89. The zero-order valence-corrected chi connectivity index (χ0v) is 29.2. The highest BCUT2D eigenvalue weighted by atomic mass is 79.9. The van der Waals surface area contributed by atoms with Crippen LogP contribution in [-0.4, -0.2) is 65.2 Å². The number of ether oxygens (including phenoxy) is 2. The van der Waals surface area contributed by atoms with Crippen LogP contribution in [0.1, 0.15) is 90.3 Å². The fourth-order valence-corrected chi connectivity index (χ4v) is 4.02. The molecule has 0 aliphatic carbocycles. The Morgan fingerprint density at radius 2 is 1.56 bits per heavy atom. The predicted octanol–water partition coefficient (Wildman–Crippen LogP) is 6.53. The van der Waals surface area contributed by atoms with Gasteiger partial charge in [-0.25, -0.2) is 0 Å². The van der Waals surface area contributed by atoms with Crippen molar-refractivity contribution in [1.82, 2.24) is 10.6 Å². The third kappa shape index (κ3) is 20.7. The summed E-state index contributed by atoms with van der Waals surface area (Å²) in [5.41, 5.74) is 4.26. The molecule has 238 valence electrons. The average molecular weight is 645 g/mol. The molecule has 0 heterocycles. The zero-order valence-electron chi connectivity index (χ0n) is 27.6. The quantitative estimate of drug-likeness (QED) is 0.140. The number of carbonyl (C=O) groups excluding carboxylic acids is 3. The Labute approximate surface area is 258 Å². The smallest absolute Gasteiger partial charge is 0.233 e. The Morgan fingerprint density at radius 1 is 0.951 bits per heavy atom. The molecule has 0 unspecified atom stereocenters. The summed E-state index contributed by atoms with van der Waals surface area (Å²) in [4.78, 5) is 32.4. The molecular weight excluding hydrogens is 586 g/mol. The largest absolute Gasteiger partial charge is 0.384 e. The van der Waals surface area contributed by atoms with E-state index in [0.29, 0.717) is 39.3 Å². The number of unbranched alkanes of at least 4 members (excludes halogenated alkanes) is 3. The molecule has 8 nitrogen and oxygen atoms in total. The number of carbonyl (C=O) groups is 3. The molecular formula is C32H58BrN3O5. The monoisotopic (exact) mass is 643 g/mol. The van der Waals surface area contributed by atoms with Gasteiger partial charge < -0.3 is 30.2 Å². The summed E-state index contributed by atoms with van der Waals surface area (Å²) in [7, 11) is 3.45. The number of likely N-dealkylation sites (N-methyl/N-ethyl adjacent to an activating group) is 1. The molecule has 41 heavy (non-hydrogen) atoms. The van der Waals surface area contributed by atoms with E-state index < -0.39 is 0 Å². The molecule has 0 fully saturated rings. The predicted molar refractivity (Wildman–Crippen MR) is 175 cm³/mol. The first-order valence-electron chi connectivity index (χ1n) is 14.6. The van der Waals surface area contributed by atoms with Crippen molar-refractivity contribution in [3.05, 3.63) is 27.2 Å². The van der Waals surface area contributed by atoms with Crippen LogP contribution in [0.3, 0.4) is 0 Å². The molecule has 0 bridgehead atoms. The maximum absolute atomic E-state index is 11.4. The minimum Gasteiger partial charge on any atom is -0.384 e. The second-order valence-corrected chi connectivity index (χ2v) is 12.7. The lowest BCUT2D eigenvalue weighted by atomic mass is 9.93. The van der Waals surface area contributed by atoms with Crippen molar-refractivity contribution in [3.8, 4) is 0 Å². The normalized spacial score (nSPS) is 11.0. The standard InChI is InChI=1S/C14H30N2O3.C12H16BrNO.C6H12O/c1-13(2,8-16-12(17)7-15-5)10-19-11-14(3,4)9-18-6;1-5-10(15)14-12-8(3)6-7(2)11(13)9(12)4;1-2-3-4-5-6-7/h15H,7-11H2,1-6H3,(H,16,17);6H,5H2,1-4H3,(H,14,15);6H,2-5H2,1H3. The van der Waals surface area contributed by atoms with Crippen molar-refractivity contribution in [2.24, 2.45) is 10.8 Å². The molecule has 1 rings (SSSR count). The lowest BCUT2D eigenvalue weighted by molar-refractivity contribution is -0.121. The summed E-state index contributed by atoms with van der Waals surface area (Å²) < 4.78 is 12.0. The van der Waals surface area contributed by atoms with E-state index in [9.17, 15) is 14.4 Å². The lowest BCUT2D eigenvalue weighted by Gasteiger charge is -2.28. The van der Waals surface area contributed by atoms with Gasteiger partial charge in [0.05, 0.1) is 26.4 Å². The van der Waals surface area contributed by atoms with Crippen molar-refractivity contribution in [2.75, 3.05) is 52.4 Å². The van der Waals surface area contributed by atoms with Gasteiger partial charge in [-0.2, -0.15) is 0 Å². The van der Waals surface area contributed by atoms with E-state index in [-0.39, 0.29) is 22.6 Å². The van der Waals surface area contributed by atoms with Crippen LogP contribution in [-0.2, 0) is 23.9 Å². The van der Waals surface area contributed by atoms with Crippen molar-refractivity contribution in [2.45, 2.75) is 94.4 Å². The fraction of sp³-hybridized carbons (Fsp3) is 0.719. The van der Waals surface area contributed by atoms with Crippen LogP contribution in [0.15, 0.2) is 10.5 Å². The number of nitrogens with one attached hydrogen (secondary N) is 3. The maximum Gasteiger partial charge on any atom is 0.233 e. The SMILES string of the molecule is CCC(=O)Nc1c(C)cc(C)c(Br)c1C.CCCCCC=O.CNCC(=O)NCC(C)(C)COCC(C)(C)COC. The Bertz CT molecular complexity index is 904. The highest BCUT2D eigenvalue weighted by Gasteiger charge is 2.23. The van der Waals surface area contributed by atoms with Gasteiger partial charge in [0.25, 0.3) is 0 Å². The number of aryl methyl sites for hydroxylation is 2. The number of hydrogen-bond acceptors (Lipinski definition) is 6. The Kier molecular flexibility index (Phi) is 22.9. The summed E-state index contributed by atoms with van der Waals surface area (Å²) in [6.45, 7) is 21.3. The Balaban J connectivity index is 0. The summed E-state index contributed by atoms with van der Waals surface area (Å²) in [5, 5.41) is 8.64. The number of hydrogen-bond donors (Lipinski definition) is 3. The molecule has 0 saturated heterocycles. The van der Waals surface area contributed by atoms with Crippen LogP contribution in [0, 0.1) is 31.6 Å². The summed E-state index contributed by atoms with van der Waals surface area (Å²) >= 11 is 3.52. The van der Waals surface area contributed by atoms with E-state index in [1.54, 1.807) is 14.2 Å². The molecule has 0 atom stereocenters. The summed E-state index contributed by atoms with van der Waals surface area (Å²) in [6, 6.07) is 2.07. The number of methoxy groups -OCH3 is 1. The number of amides is 2. The molecule has 2 amide bonds. The molecule has 0 aliphatic rings. The number of anilines is 1. The van der Waals surface area contributed by atoms with Gasteiger partial charge >= 0.3 is 0 Å². The lowest BCUT2D eigenvalue weighted by Crippen LogP contribution is -2.40. The van der Waals surface area contributed by atoms with Crippen LogP contribution in [0.2, 0.25) is 0 Å². The van der Waals surface area contributed by atoms with Crippen molar-refractivity contribution >= 4 is 39.7 Å². The fourth-order valence-electron chi connectivity index (χ4n) is 3.71. The van der Waals surface area contributed by atoms with E-state index in [0.717, 1.165) is 40.4 Å². The van der Waals surface area contributed by atoms with Gasteiger partial charge in [0.2, 0.25) is 11.8 Å². The number of aldehydes is 1. The van der Waals surface area contributed by atoms with Gasteiger partial charge in [-0.1, -0.05) is 76.4 Å². The molecule has 0 aliphatic heterocycles. The van der Waals surface area contributed by atoms with Crippen molar-refractivity contribution < 1.29 is 23.9 Å². The van der Waals surface area contributed by atoms with Crippen molar-refractivity contribution in [3.63, 3.8) is 0 Å². The van der Waals surface area contributed by atoms with Gasteiger partial charge in [-0.3, -0.25) is 9.59 Å². The van der Waals surface area contributed by atoms with Crippen LogP contribution in [0.5, 0.6) is 0 Å². The summed E-state index contributed by atoms with van der Waals surface area (Å²) in [6.07, 6.45) is 5.69. The van der Waals surface area contributed by atoms with E-state index in [4.69, 9.17) is 9.47 Å². The minimum atomic E-state index is -0.0768. The molecule has 0 aromatic heterocycles. The number of rotatable bonds is 16. The van der Waals surface area contributed by atoms with Gasteiger partial charge in [0.1, 0.15) is 6.29 Å². The van der Waals surface area contributed by atoms with E-state index in [2.05, 4.69) is 79.5 Å². The van der Waals surface area contributed by atoms with Crippen LogP contribution in [0.25, 0.3) is 0 Å². The van der Waals surface area contributed by atoms with Crippen LogP contribution < -0.4 is 16.0 Å². The van der Waals surface area contributed by atoms with E-state index >= 15 is 0 Å². The minimum absolute atomic E-state index is 0.00953. The van der Waals surface area contributed by atoms with Crippen LogP contribution in [0.4, 0.5) is 5.69 Å². The third-order valence-electron chi connectivity index (χ3n) is 6.01. The number of benzene rings is 1. The highest BCUT2D eigenvalue weighted by molar-refractivity contribution is 9.10. The van der Waals surface area contributed by atoms with Crippen molar-refractivity contribution in [1.29, 1.82) is 0 Å². The highest BCUT2D eigenvalue weighted by Crippen LogP contribution is 2.30. The van der Waals surface area contributed by atoms with E-state index in [1.807, 2.05) is 20.8 Å². The second-order valence-electron chi connectivity index (χ2n) is 11.9.